The standard InChI is InChI=1S/C13H26N4O/c1-14(2)11-5-7-16(9-11)13(18)17-8-6-12(10-17)15(3)4/h11-12H,5-10H2,1-4H3/t11-,12-/m0/s1. The summed E-state index contributed by atoms with van der Waals surface area (Å²) < 4.78 is 0. The molecule has 104 valence electrons. The first-order chi connectivity index (χ1) is 8.49. The number of likely N-dealkylation sites (N-methyl/N-ethyl adjacent to an activating group) is 2. The maximum Gasteiger partial charge on any atom is 0.320 e. The van der Waals surface area contributed by atoms with Crippen molar-refractivity contribution in [3.63, 3.8) is 0 Å². The minimum atomic E-state index is 0.240. The van der Waals surface area contributed by atoms with Gasteiger partial charge in [0.05, 0.1) is 0 Å². The van der Waals surface area contributed by atoms with Crippen molar-refractivity contribution in [3.8, 4) is 0 Å². The zero-order valence-electron chi connectivity index (χ0n) is 12.1. The predicted molar refractivity (Wildman–Crippen MR) is 72.7 cm³/mol. The lowest BCUT2D eigenvalue weighted by molar-refractivity contribution is 0.165. The van der Waals surface area contributed by atoms with Gasteiger partial charge in [-0.3, -0.25) is 0 Å². The fourth-order valence-corrected chi connectivity index (χ4v) is 2.87. The van der Waals surface area contributed by atoms with Crippen LogP contribution in [0.3, 0.4) is 0 Å². The molecular weight excluding hydrogens is 228 g/mol. The lowest BCUT2D eigenvalue weighted by Crippen LogP contribution is -2.43. The normalized spacial score (nSPS) is 28.8. The van der Waals surface area contributed by atoms with E-state index in [0.717, 1.165) is 39.0 Å². The molecule has 2 aliphatic rings. The van der Waals surface area contributed by atoms with Gasteiger partial charge in [0.2, 0.25) is 0 Å². The molecule has 0 N–H and O–H groups in total. The molecule has 0 saturated carbocycles. The largest absolute Gasteiger partial charge is 0.323 e. The maximum absolute atomic E-state index is 12.4. The van der Waals surface area contributed by atoms with Gasteiger partial charge in [0.1, 0.15) is 0 Å². The average Bonchev–Trinajstić information content (AvgIpc) is 2.97. The highest BCUT2D eigenvalue weighted by atomic mass is 16.2. The summed E-state index contributed by atoms with van der Waals surface area (Å²) in [7, 11) is 8.38. The van der Waals surface area contributed by atoms with E-state index in [1.807, 2.05) is 9.80 Å². The minimum Gasteiger partial charge on any atom is -0.323 e. The van der Waals surface area contributed by atoms with Gasteiger partial charge >= 0.3 is 6.03 Å². The summed E-state index contributed by atoms with van der Waals surface area (Å²) in [4.78, 5) is 20.9. The molecule has 2 amide bonds. The number of carbonyl (C=O) groups is 1. The smallest absolute Gasteiger partial charge is 0.320 e. The van der Waals surface area contributed by atoms with Gasteiger partial charge in [-0.05, 0) is 41.0 Å². The van der Waals surface area contributed by atoms with Crippen LogP contribution in [0.25, 0.3) is 0 Å². The van der Waals surface area contributed by atoms with Crippen LogP contribution in [-0.4, -0.2) is 92.1 Å². The molecule has 2 heterocycles. The van der Waals surface area contributed by atoms with Crippen molar-refractivity contribution in [2.45, 2.75) is 24.9 Å². The van der Waals surface area contributed by atoms with Crippen molar-refractivity contribution in [2.75, 3.05) is 54.4 Å². The van der Waals surface area contributed by atoms with E-state index in [-0.39, 0.29) is 6.03 Å². The van der Waals surface area contributed by atoms with Crippen LogP contribution < -0.4 is 0 Å². The molecule has 18 heavy (non-hydrogen) atoms. The summed E-state index contributed by atoms with van der Waals surface area (Å²) >= 11 is 0. The molecule has 2 atom stereocenters. The van der Waals surface area contributed by atoms with Crippen LogP contribution in [0.1, 0.15) is 12.8 Å². The Bertz CT molecular complexity index is 277. The molecule has 0 radical (unpaired) electrons. The maximum atomic E-state index is 12.4. The van der Waals surface area contributed by atoms with Crippen LogP contribution in [-0.2, 0) is 0 Å². The molecule has 2 rings (SSSR count). The van der Waals surface area contributed by atoms with E-state index in [9.17, 15) is 4.79 Å². The summed E-state index contributed by atoms with van der Waals surface area (Å²) in [6, 6.07) is 1.30. The van der Waals surface area contributed by atoms with Crippen molar-refractivity contribution in [1.29, 1.82) is 0 Å². The first-order valence-electron chi connectivity index (χ1n) is 6.85. The number of nitrogens with zero attached hydrogens (tertiary/aromatic N) is 4. The number of hydrogen-bond donors (Lipinski definition) is 0. The highest BCUT2D eigenvalue weighted by Crippen LogP contribution is 2.19. The van der Waals surface area contributed by atoms with Crippen LogP contribution in [0.4, 0.5) is 4.79 Å². The van der Waals surface area contributed by atoms with E-state index in [1.165, 1.54) is 0 Å². The first kappa shape index (κ1) is 13.6. The number of rotatable bonds is 2. The number of amides is 2. The van der Waals surface area contributed by atoms with Crippen LogP contribution >= 0.6 is 0 Å². The second-order valence-corrected chi connectivity index (χ2v) is 5.99. The van der Waals surface area contributed by atoms with E-state index < -0.39 is 0 Å². The molecule has 2 saturated heterocycles. The van der Waals surface area contributed by atoms with E-state index in [4.69, 9.17) is 0 Å². The molecule has 0 spiro atoms. The molecule has 0 bridgehead atoms. The van der Waals surface area contributed by atoms with Gasteiger partial charge in [0.25, 0.3) is 0 Å². The molecule has 0 aromatic carbocycles. The van der Waals surface area contributed by atoms with Crippen molar-refractivity contribution < 1.29 is 4.79 Å². The summed E-state index contributed by atoms with van der Waals surface area (Å²) in [6.45, 7) is 3.58. The third kappa shape index (κ3) is 2.78. The zero-order chi connectivity index (χ0) is 13.3. The molecule has 2 fully saturated rings. The average molecular weight is 254 g/mol. The van der Waals surface area contributed by atoms with Gasteiger partial charge in [-0.25, -0.2) is 4.79 Å². The zero-order valence-corrected chi connectivity index (χ0v) is 12.1. The Hall–Kier alpha value is -0.810. The van der Waals surface area contributed by atoms with Gasteiger partial charge in [-0.1, -0.05) is 0 Å². The van der Waals surface area contributed by atoms with E-state index in [1.54, 1.807) is 0 Å². The first-order valence-corrected chi connectivity index (χ1v) is 6.85. The summed E-state index contributed by atoms with van der Waals surface area (Å²) in [5, 5.41) is 0. The third-order valence-electron chi connectivity index (χ3n) is 4.33. The fourth-order valence-electron chi connectivity index (χ4n) is 2.87. The Morgan fingerprint density at radius 3 is 1.56 bits per heavy atom. The fraction of sp³-hybridized carbons (Fsp3) is 0.923. The second kappa shape index (κ2) is 5.45. The quantitative estimate of drug-likeness (QED) is 0.713. The number of hydrogen-bond acceptors (Lipinski definition) is 3. The summed E-state index contributed by atoms with van der Waals surface area (Å²) in [6.07, 6.45) is 2.20. The Labute approximate surface area is 110 Å². The number of likely N-dealkylation sites (tertiary alicyclic amines) is 2. The van der Waals surface area contributed by atoms with Gasteiger partial charge in [-0.2, -0.15) is 0 Å². The molecule has 5 nitrogen and oxygen atoms in total. The monoisotopic (exact) mass is 254 g/mol. The van der Waals surface area contributed by atoms with Crippen LogP contribution in [0.15, 0.2) is 0 Å². The predicted octanol–water partition coefficient (Wildman–Crippen LogP) is 0.378. The van der Waals surface area contributed by atoms with Crippen molar-refractivity contribution >= 4 is 6.03 Å². The Balaban J connectivity index is 1.86. The molecule has 5 heteroatoms. The highest BCUT2D eigenvalue weighted by molar-refractivity contribution is 5.75. The molecule has 0 aromatic rings. The lowest BCUT2D eigenvalue weighted by atomic mass is 10.2. The van der Waals surface area contributed by atoms with Crippen molar-refractivity contribution in [3.05, 3.63) is 0 Å². The molecule has 0 unspecified atom stereocenters. The molecular formula is C13H26N4O. The van der Waals surface area contributed by atoms with Crippen LogP contribution in [0, 0.1) is 0 Å². The van der Waals surface area contributed by atoms with Gasteiger partial charge in [0.15, 0.2) is 0 Å². The van der Waals surface area contributed by atoms with Gasteiger partial charge in [-0.15, -0.1) is 0 Å². The van der Waals surface area contributed by atoms with Crippen LogP contribution in [0.2, 0.25) is 0 Å². The minimum absolute atomic E-state index is 0.240. The van der Waals surface area contributed by atoms with E-state index >= 15 is 0 Å². The molecule has 0 aliphatic carbocycles. The summed E-state index contributed by atoms with van der Waals surface area (Å²) in [5.41, 5.74) is 0. The third-order valence-corrected chi connectivity index (χ3v) is 4.33. The van der Waals surface area contributed by atoms with Crippen molar-refractivity contribution in [1.82, 2.24) is 19.6 Å². The molecule has 2 aliphatic heterocycles. The molecule has 0 aromatic heterocycles. The highest BCUT2D eigenvalue weighted by Gasteiger charge is 2.34. The second-order valence-electron chi connectivity index (χ2n) is 5.99. The topological polar surface area (TPSA) is 30.0 Å². The van der Waals surface area contributed by atoms with Crippen LogP contribution in [0.5, 0.6) is 0 Å². The lowest BCUT2D eigenvalue weighted by Gasteiger charge is -2.26. The van der Waals surface area contributed by atoms with E-state index in [0.29, 0.717) is 12.1 Å². The van der Waals surface area contributed by atoms with E-state index in [2.05, 4.69) is 38.0 Å². The van der Waals surface area contributed by atoms with Crippen molar-refractivity contribution in [2.24, 2.45) is 0 Å². The number of urea groups is 1. The van der Waals surface area contributed by atoms with Gasteiger partial charge in [0, 0.05) is 38.3 Å². The SMILES string of the molecule is CN(C)[C@H]1CCN(C(=O)N2CC[C@H](N(C)C)C2)C1. The Kier molecular flexibility index (Phi) is 4.12. The Morgan fingerprint density at radius 2 is 1.28 bits per heavy atom. The number of carbonyl (C=O) groups excluding carboxylic acids is 1. The Morgan fingerprint density at radius 1 is 0.889 bits per heavy atom. The van der Waals surface area contributed by atoms with Gasteiger partial charge < -0.3 is 19.6 Å². The summed E-state index contributed by atoms with van der Waals surface area (Å²) in [5.74, 6) is 0.